The van der Waals surface area contributed by atoms with Gasteiger partial charge in [0.2, 0.25) is 0 Å². The molecule has 0 aromatic heterocycles. The van der Waals surface area contributed by atoms with Crippen molar-refractivity contribution in [2.75, 3.05) is 20.3 Å². The average Bonchev–Trinajstić information content (AvgIpc) is 2.67. The molecule has 3 nitrogen and oxygen atoms in total. The molecule has 0 atom stereocenters. The third-order valence-corrected chi connectivity index (χ3v) is 4.77. The Balaban J connectivity index is 2.23. The van der Waals surface area contributed by atoms with Crippen molar-refractivity contribution in [2.24, 2.45) is 0 Å². The maximum absolute atomic E-state index is 5.91. The SMILES string of the molecule is CCCCCCCCNCc1ccc(OCCCCCCC)c(OC)c1. The Bertz CT molecular complexity index is 448. The molecule has 26 heavy (non-hydrogen) atoms. The fourth-order valence-corrected chi connectivity index (χ4v) is 3.09. The Kier molecular flexibility index (Phi) is 14.0. The first-order valence-corrected chi connectivity index (χ1v) is 10.8. The van der Waals surface area contributed by atoms with Crippen molar-refractivity contribution < 1.29 is 9.47 Å². The Morgan fingerprint density at radius 1 is 0.769 bits per heavy atom. The molecule has 1 N–H and O–H groups in total. The lowest BCUT2D eigenvalue weighted by atomic mass is 10.1. The highest BCUT2D eigenvalue weighted by atomic mass is 16.5. The molecule has 0 aliphatic carbocycles. The molecule has 0 unspecified atom stereocenters. The van der Waals surface area contributed by atoms with Crippen LogP contribution in [0.1, 0.15) is 90.0 Å². The molecular formula is C23H41NO2. The van der Waals surface area contributed by atoms with Crippen LogP contribution in [0.5, 0.6) is 11.5 Å². The Morgan fingerprint density at radius 3 is 2.12 bits per heavy atom. The zero-order chi connectivity index (χ0) is 18.9. The van der Waals surface area contributed by atoms with Crippen LogP contribution in [0.4, 0.5) is 0 Å². The molecule has 0 saturated carbocycles. The third-order valence-electron chi connectivity index (χ3n) is 4.77. The minimum atomic E-state index is 0.774. The number of nitrogens with one attached hydrogen (secondary N) is 1. The number of ether oxygens (including phenoxy) is 2. The smallest absolute Gasteiger partial charge is 0.161 e. The summed E-state index contributed by atoms with van der Waals surface area (Å²) in [7, 11) is 1.72. The molecular weight excluding hydrogens is 322 g/mol. The van der Waals surface area contributed by atoms with Crippen LogP contribution in [0.25, 0.3) is 0 Å². The Hall–Kier alpha value is -1.22. The van der Waals surface area contributed by atoms with Crippen molar-refractivity contribution in [2.45, 2.75) is 91.0 Å². The average molecular weight is 364 g/mol. The molecule has 0 amide bonds. The summed E-state index contributed by atoms with van der Waals surface area (Å²) >= 11 is 0. The van der Waals surface area contributed by atoms with E-state index >= 15 is 0 Å². The van der Waals surface area contributed by atoms with E-state index in [1.54, 1.807) is 7.11 Å². The van der Waals surface area contributed by atoms with Crippen LogP contribution in [0.2, 0.25) is 0 Å². The summed E-state index contributed by atoms with van der Waals surface area (Å²) in [5.41, 5.74) is 1.25. The van der Waals surface area contributed by atoms with Gasteiger partial charge in [0.05, 0.1) is 13.7 Å². The van der Waals surface area contributed by atoms with Crippen LogP contribution in [0.15, 0.2) is 18.2 Å². The summed E-state index contributed by atoms with van der Waals surface area (Å²) in [5.74, 6) is 1.71. The summed E-state index contributed by atoms with van der Waals surface area (Å²) in [5, 5.41) is 3.54. The van der Waals surface area contributed by atoms with Crippen LogP contribution in [-0.4, -0.2) is 20.3 Å². The Morgan fingerprint density at radius 2 is 1.42 bits per heavy atom. The maximum atomic E-state index is 5.91. The molecule has 0 radical (unpaired) electrons. The van der Waals surface area contributed by atoms with Crippen LogP contribution >= 0.6 is 0 Å². The molecule has 1 aromatic rings. The number of hydrogen-bond acceptors (Lipinski definition) is 3. The summed E-state index contributed by atoms with van der Waals surface area (Å²) in [6.45, 7) is 7.26. The van der Waals surface area contributed by atoms with Gasteiger partial charge in [-0.1, -0.05) is 77.7 Å². The molecule has 1 rings (SSSR count). The summed E-state index contributed by atoms with van der Waals surface area (Å²) in [6, 6.07) is 6.29. The second-order valence-electron chi connectivity index (χ2n) is 7.19. The molecule has 0 heterocycles. The number of rotatable bonds is 17. The van der Waals surface area contributed by atoms with Gasteiger partial charge in [-0.2, -0.15) is 0 Å². The lowest BCUT2D eigenvalue weighted by Gasteiger charge is -2.13. The lowest BCUT2D eigenvalue weighted by molar-refractivity contribution is 0.284. The van der Waals surface area contributed by atoms with Crippen molar-refractivity contribution in [3.63, 3.8) is 0 Å². The van der Waals surface area contributed by atoms with E-state index in [1.165, 1.54) is 69.8 Å². The second kappa shape index (κ2) is 16.0. The van der Waals surface area contributed by atoms with Crippen molar-refractivity contribution in [3.8, 4) is 11.5 Å². The topological polar surface area (TPSA) is 30.5 Å². The van der Waals surface area contributed by atoms with E-state index in [0.717, 1.165) is 37.6 Å². The molecule has 0 spiro atoms. The number of hydrogen-bond donors (Lipinski definition) is 1. The standard InChI is InChI=1S/C23H41NO2/c1-4-6-8-10-11-13-17-24-20-21-15-16-22(23(19-21)25-3)26-18-14-12-9-7-5-2/h15-16,19,24H,4-14,17-18,20H2,1-3H3. The highest BCUT2D eigenvalue weighted by Gasteiger charge is 2.06. The van der Waals surface area contributed by atoms with Gasteiger partial charge in [-0.25, -0.2) is 0 Å². The van der Waals surface area contributed by atoms with E-state index in [9.17, 15) is 0 Å². The maximum Gasteiger partial charge on any atom is 0.161 e. The first kappa shape index (κ1) is 22.8. The predicted molar refractivity (Wildman–Crippen MR) is 112 cm³/mol. The van der Waals surface area contributed by atoms with Crippen molar-refractivity contribution in [3.05, 3.63) is 23.8 Å². The largest absolute Gasteiger partial charge is 0.493 e. The van der Waals surface area contributed by atoms with Crippen LogP contribution < -0.4 is 14.8 Å². The minimum absolute atomic E-state index is 0.774. The van der Waals surface area contributed by atoms with E-state index in [2.05, 4.69) is 31.3 Å². The van der Waals surface area contributed by atoms with E-state index in [0.29, 0.717) is 0 Å². The molecule has 0 aliphatic rings. The minimum Gasteiger partial charge on any atom is -0.493 e. The fraction of sp³-hybridized carbons (Fsp3) is 0.739. The molecule has 0 fully saturated rings. The predicted octanol–water partition coefficient (Wildman–Crippen LogP) is 6.49. The van der Waals surface area contributed by atoms with E-state index < -0.39 is 0 Å². The highest BCUT2D eigenvalue weighted by Crippen LogP contribution is 2.28. The van der Waals surface area contributed by atoms with Gasteiger partial charge < -0.3 is 14.8 Å². The van der Waals surface area contributed by atoms with Crippen molar-refractivity contribution in [1.82, 2.24) is 5.32 Å². The van der Waals surface area contributed by atoms with Gasteiger partial charge in [0.15, 0.2) is 11.5 Å². The van der Waals surface area contributed by atoms with Gasteiger partial charge in [0.1, 0.15) is 0 Å². The first-order valence-electron chi connectivity index (χ1n) is 10.8. The summed E-state index contributed by atoms with van der Waals surface area (Å²) < 4.78 is 11.4. The van der Waals surface area contributed by atoms with Crippen molar-refractivity contribution in [1.29, 1.82) is 0 Å². The van der Waals surface area contributed by atoms with Crippen molar-refractivity contribution >= 4 is 0 Å². The van der Waals surface area contributed by atoms with Crippen LogP contribution in [-0.2, 0) is 6.54 Å². The first-order chi connectivity index (χ1) is 12.8. The van der Waals surface area contributed by atoms with Gasteiger partial charge in [0.25, 0.3) is 0 Å². The molecule has 0 aliphatic heterocycles. The van der Waals surface area contributed by atoms with Gasteiger partial charge >= 0.3 is 0 Å². The molecule has 150 valence electrons. The molecule has 3 heteroatoms. The monoisotopic (exact) mass is 363 g/mol. The van der Waals surface area contributed by atoms with Gasteiger partial charge in [0, 0.05) is 6.54 Å². The fourth-order valence-electron chi connectivity index (χ4n) is 3.09. The zero-order valence-corrected chi connectivity index (χ0v) is 17.4. The van der Waals surface area contributed by atoms with Crippen LogP contribution in [0.3, 0.4) is 0 Å². The number of methoxy groups -OCH3 is 1. The van der Waals surface area contributed by atoms with Gasteiger partial charge in [-0.05, 0) is 37.1 Å². The summed E-state index contributed by atoms with van der Waals surface area (Å²) in [4.78, 5) is 0. The molecule has 1 aromatic carbocycles. The normalized spacial score (nSPS) is 10.9. The number of unbranched alkanes of at least 4 members (excludes halogenated alkanes) is 9. The summed E-state index contributed by atoms with van der Waals surface area (Å²) in [6.07, 6.45) is 14.3. The van der Waals surface area contributed by atoms with E-state index in [-0.39, 0.29) is 0 Å². The lowest BCUT2D eigenvalue weighted by Crippen LogP contribution is -2.14. The quantitative estimate of drug-likeness (QED) is 0.321. The Labute approximate surface area is 161 Å². The van der Waals surface area contributed by atoms with E-state index in [1.807, 2.05) is 6.07 Å². The van der Waals surface area contributed by atoms with E-state index in [4.69, 9.17) is 9.47 Å². The van der Waals surface area contributed by atoms with Crippen LogP contribution in [0, 0.1) is 0 Å². The third kappa shape index (κ3) is 10.7. The van der Waals surface area contributed by atoms with Gasteiger partial charge in [-0.3, -0.25) is 0 Å². The highest BCUT2D eigenvalue weighted by molar-refractivity contribution is 5.42. The number of benzene rings is 1. The zero-order valence-electron chi connectivity index (χ0n) is 17.4. The second-order valence-corrected chi connectivity index (χ2v) is 7.19. The molecule has 0 saturated heterocycles. The van der Waals surface area contributed by atoms with Gasteiger partial charge in [-0.15, -0.1) is 0 Å². The molecule has 0 bridgehead atoms.